The number of benzene rings is 2. The number of carbonyl (C=O) groups is 1. The van der Waals surface area contributed by atoms with Crippen molar-refractivity contribution in [3.63, 3.8) is 0 Å². The molecule has 4 aromatic rings. The van der Waals surface area contributed by atoms with Gasteiger partial charge in [0.25, 0.3) is 5.91 Å². The number of hydrogen-bond donors (Lipinski definition) is 3. The van der Waals surface area contributed by atoms with Crippen molar-refractivity contribution in [3.8, 4) is 0 Å². The molecular weight excluding hydrogens is 472 g/mol. The highest BCUT2D eigenvalue weighted by atomic mass is 16.1. The van der Waals surface area contributed by atoms with Gasteiger partial charge in [0.05, 0.1) is 5.52 Å². The highest BCUT2D eigenvalue weighted by Gasteiger charge is 2.09. The Morgan fingerprint density at radius 3 is 2.37 bits per heavy atom. The lowest BCUT2D eigenvalue weighted by molar-refractivity contribution is -0.671. The average Bonchev–Trinajstić information content (AvgIpc) is 2.91. The zero-order valence-electron chi connectivity index (χ0n) is 22.6. The van der Waals surface area contributed by atoms with Crippen molar-refractivity contribution in [3.05, 3.63) is 103 Å². The maximum absolute atomic E-state index is 12.9. The van der Waals surface area contributed by atoms with Crippen molar-refractivity contribution in [1.82, 2.24) is 4.98 Å². The maximum atomic E-state index is 12.9. The van der Waals surface area contributed by atoms with Crippen molar-refractivity contribution < 1.29 is 9.36 Å². The molecule has 38 heavy (non-hydrogen) atoms. The highest BCUT2D eigenvalue weighted by Crippen LogP contribution is 2.29. The third-order valence-corrected chi connectivity index (χ3v) is 6.17. The summed E-state index contributed by atoms with van der Waals surface area (Å²) in [4.78, 5) is 19.4. The molecule has 3 N–H and O–H groups in total. The van der Waals surface area contributed by atoms with Crippen LogP contribution in [0.2, 0.25) is 0 Å². The Hall–Kier alpha value is -4.65. The van der Waals surface area contributed by atoms with Crippen molar-refractivity contribution in [2.45, 2.75) is 19.9 Å². The summed E-state index contributed by atoms with van der Waals surface area (Å²) < 4.78 is 1.98. The molecule has 0 aliphatic heterocycles. The third kappa shape index (κ3) is 6.76. The van der Waals surface area contributed by atoms with Gasteiger partial charge in [-0.15, -0.1) is 0 Å². The topological polar surface area (TPSA) is 73.2 Å². The van der Waals surface area contributed by atoms with Crippen LogP contribution < -0.4 is 25.4 Å². The Morgan fingerprint density at radius 2 is 1.68 bits per heavy atom. The minimum Gasteiger partial charge on any atom is -0.379 e. The molecule has 1 amide bonds. The fourth-order valence-electron chi connectivity index (χ4n) is 3.98. The van der Waals surface area contributed by atoms with Gasteiger partial charge in [-0.2, -0.15) is 0 Å². The Labute approximate surface area is 224 Å². The quantitative estimate of drug-likeness (QED) is 0.151. The molecule has 0 spiro atoms. The zero-order chi connectivity index (χ0) is 27.1. The summed E-state index contributed by atoms with van der Waals surface area (Å²) in [5, 5.41) is 10.9. The van der Waals surface area contributed by atoms with E-state index in [4.69, 9.17) is 0 Å². The van der Waals surface area contributed by atoms with E-state index < -0.39 is 0 Å². The van der Waals surface area contributed by atoms with Crippen molar-refractivity contribution in [2.75, 3.05) is 34.9 Å². The molecule has 0 fully saturated rings. The number of carbonyl (C=O) groups excluding carboxylic acids is 1. The predicted octanol–water partition coefficient (Wildman–Crippen LogP) is 5.81. The van der Waals surface area contributed by atoms with E-state index in [2.05, 4.69) is 38.0 Å². The number of rotatable bonds is 9. The molecule has 0 aliphatic rings. The van der Waals surface area contributed by atoms with E-state index >= 15 is 0 Å². The summed E-state index contributed by atoms with van der Waals surface area (Å²) in [6, 6.07) is 20.0. The lowest BCUT2D eigenvalue weighted by Gasteiger charge is -2.15. The molecule has 4 rings (SSSR count). The zero-order valence-corrected chi connectivity index (χ0v) is 22.6. The van der Waals surface area contributed by atoms with Crippen LogP contribution >= 0.6 is 0 Å². The smallest absolute Gasteiger partial charge is 0.255 e. The fraction of sp³-hybridized carbons (Fsp3) is 0.194. The van der Waals surface area contributed by atoms with Gasteiger partial charge < -0.3 is 20.9 Å². The summed E-state index contributed by atoms with van der Waals surface area (Å²) in [6.45, 7) is 3.91. The molecule has 7 nitrogen and oxygen atoms in total. The normalized spacial score (nSPS) is 12.4. The number of allylic oxidation sites excluding steroid dienone is 1. The SMILES string of the molecule is C/C=C(\C=C/C(C)Nc1cc[n+](C)cc1)C(=O)Nc1ccc(Nc2ccnc3ccc(N(C)C)cc23)cc1. The Balaban J connectivity index is 1.38. The first-order valence-electron chi connectivity index (χ1n) is 12.6. The van der Waals surface area contributed by atoms with Crippen LogP contribution in [0.25, 0.3) is 10.9 Å². The first kappa shape index (κ1) is 26.4. The molecule has 194 valence electrons. The van der Waals surface area contributed by atoms with Gasteiger partial charge in [0, 0.05) is 77.9 Å². The number of amides is 1. The highest BCUT2D eigenvalue weighted by molar-refractivity contribution is 6.05. The average molecular weight is 508 g/mol. The second-order valence-corrected chi connectivity index (χ2v) is 9.40. The number of aromatic nitrogens is 2. The molecule has 0 saturated heterocycles. The number of anilines is 5. The van der Waals surface area contributed by atoms with Crippen LogP contribution in [0.15, 0.2) is 103 Å². The van der Waals surface area contributed by atoms with E-state index in [1.165, 1.54) is 0 Å². The molecule has 0 aliphatic carbocycles. The van der Waals surface area contributed by atoms with Gasteiger partial charge in [0.1, 0.15) is 7.05 Å². The number of nitrogens with one attached hydrogen (secondary N) is 3. The van der Waals surface area contributed by atoms with Crippen molar-refractivity contribution in [1.29, 1.82) is 0 Å². The second-order valence-electron chi connectivity index (χ2n) is 9.40. The first-order valence-corrected chi connectivity index (χ1v) is 12.6. The minimum atomic E-state index is -0.153. The van der Waals surface area contributed by atoms with Crippen molar-refractivity contribution >= 4 is 45.2 Å². The van der Waals surface area contributed by atoms with Gasteiger partial charge in [-0.05, 0) is 62.4 Å². The first-order chi connectivity index (χ1) is 18.3. The van der Waals surface area contributed by atoms with Crippen LogP contribution in [0, 0.1) is 0 Å². The Morgan fingerprint density at radius 1 is 0.974 bits per heavy atom. The minimum absolute atomic E-state index is 0.0638. The number of fused-ring (bicyclic) bond motifs is 1. The van der Waals surface area contributed by atoms with Crippen LogP contribution in [-0.2, 0) is 11.8 Å². The van der Waals surface area contributed by atoms with Crippen LogP contribution in [0.4, 0.5) is 28.4 Å². The van der Waals surface area contributed by atoms with E-state index in [0.717, 1.165) is 39.3 Å². The van der Waals surface area contributed by atoms with Crippen LogP contribution in [-0.4, -0.2) is 31.0 Å². The van der Waals surface area contributed by atoms with E-state index in [-0.39, 0.29) is 11.9 Å². The number of aryl methyl sites for hydroxylation is 1. The molecule has 0 radical (unpaired) electrons. The summed E-state index contributed by atoms with van der Waals surface area (Å²) in [5.74, 6) is -0.153. The van der Waals surface area contributed by atoms with Crippen LogP contribution in [0.1, 0.15) is 13.8 Å². The van der Waals surface area contributed by atoms with Gasteiger partial charge in [-0.1, -0.05) is 18.2 Å². The lowest BCUT2D eigenvalue weighted by Crippen LogP contribution is -2.26. The molecule has 1 atom stereocenters. The molecule has 2 aromatic carbocycles. The van der Waals surface area contributed by atoms with E-state index in [1.54, 1.807) is 6.20 Å². The largest absolute Gasteiger partial charge is 0.379 e. The monoisotopic (exact) mass is 507 g/mol. The third-order valence-electron chi connectivity index (χ3n) is 6.17. The maximum Gasteiger partial charge on any atom is 0.255 e. The van der Waals surface area contributed by atoms with Gasteiger partial charge in [-0.3, -0.25) is 9.78 Å². The molecule has 0 saturated carbocycles. The summed E-state index contributed by atoms with van der Waals surface area (Å²) >= 11 is 0. The standard InChI is InChI=1S/C31H34N6O/c1-6-23(8-7-22(2)33-26-16-19-37(5)20-17-26)31(38)35-25-11-9-24(10-12-25)34-30-15-18-32-29-14-13-27(36(3)4)21-28(29)30/h6-22H,1-5H3,(H2,32,34,35,38)/p+1/b8-7-,23-6+. The van der Waals surface area contributed by atoms with Gasteiger partial charge >= 0.3 is 0 Å². The predicted molar refractivity (Wildman–Crippen MR) is 158 cm³/mol. The van der Waals surface area contributed by atoms with Gasteiger partial charge in [-0.25, -0.2) is 4.57 Å². The summed E-state index contributed by atoms with van der Waals surface area (Å²) in [7, 11) is 6.03. The Kier molecular flexibility index (Phi) is 8.38. The van der Waals surface area contributed by atoms with Gasteiger partial charge in [0.15, 0.2) is 12.4 Å². The van der Waals surface area contributed by atoms with E-state index in [0.29, 0.717) is 5.57 Å². The van der Waals surface area contributed by atoms with Crippen molar-refractivity contribution in [2.24, 2.45) is 7.05 Å². The van der Waals surface area contributed by atoms with E-state index in [9.17, 15) is 4.79 Å². The molecule has 2 aromatic heterocycles. The summed E-state index contributed by atoms with van der Waals surface area (Å²) in [5.41, 5.74) is 6.29. The molecule has 0 bridgehead atoms. The number of pyridine rings is 2. The molecule has 2 heterocycles. The molecule has 1 unspecified atom stereocenters. The van der Waals surface area contributed by atoms with E-state index in [1.807, 2.05) is 119 Å². The Bertz CT molecular complexity index is 1460. The summed E-state index contributed by atoms with van der Waals surface area (Å²) in [6.07, 6.45) is 11.4. The fourth-order valence-corrected chi connectivity index (χ4v) is 3.98. The van der Waals surface area contributed by atoms with Gasteiger partial charge in [0.2, 0.25) is 0 Å². The number of nitrogens with zero attached hydrogens (tertiary/aromatic N) is 3. The lowest BCUT2D eigenvalue weighted by atomic mass is 10.1. The molecular formula is C31H35N6O+. The second kappa shape index (κ2) is 12.1. The van der Waals surface area contributed by atoms with Crippen LogP contribution in [0.3, 0.4) is 0 Å². The molecule has 7 heteroatoms. The number of hydrogen-bond acceptors (Lipinski definition) is 5. The van der Waals surface area contributed by atoms with Crippen LogP contribution in [0.5, 0.6) is 0 Å².